The smallest absolute Gasteiger partial charge is 0.417 e. The standard InChI is InChI=1S/C27H28F5N3O7/c1-34(2)19-13-6-10-5-12-16(20(37)15(10)22(39)26(13,42)23(40)17(21(19)38)24(33)41)14(36)7-11(18(12)27(30,31)32)8-35-4-3-25(28,29)9-35/h7,10,13,19,36,38-39,42H,3-6,8-9H2,1-2H3,(H2,33,41)/t10-,13-,19-,26-/m0/s1. The number of nitrogens with two attached hydrogens (primary N) is 1. The highest BCUT2D eigenvalue weighted by molar-refractivity contribution is 6.24. The molecule has 0 saturated carbocycles. The third kappa shape index (κ3) is 4.28. The molecule has 1 saturated heterocycles. The minimum atomic E-state index is -5.07. The van der Waals surface area contributed by atoms with Crippen LogP contribution in [0.3, 0.4) is 0 Å². The largest absolute Gasteiger partial charge is 0.510 e. The predicted molar refractivity (Wildman–Crippen MR) is 134 cm³/mol. The van der Waals surface area contributed by atoms with Crippen LogP contribution in [-0.2, 0) is 28.7 Å². The number of nitrogens with zero attached hydrogens (tertiary/aromatic N) is 2. The lowest BCUT2D eigenvalue weighted by atomic mass is 9.58. The number of primary amides is 1. The minimum absolute atomic E-state index is 0.186. The van der Waals surface area contributed by atoms with E-state index in [9.17, 15) is 56.8 Å². The zero-order valence-electron chi connectivity index (χ0n) is 22.4. The number of benzene rings is 1. The van der Waals surface area contributed by atoms with Crippen LogP contribution in [-0.4, -0.2) is 92.4 Å². The van der Waals surface area contributed by atoms with Crippen LogP contribution in [0.5, 0.6) is 5.75 Å². The molecular formula is C27H28F5N3O7. The maximum atomic E-state index is 14.5. The summed E-state index contributed by atoms with van der Waals surface area (Å²) in [6.07, 6.45) is -6.60. The number of aliphatic hydroxyl groups is 3. The SMILES string of the molecule is CN(C)[C@@H]1C(O)=C(C(N)=O)C(=O)[C@@]2(O)C(O)=C3C(=O)c4c(O)cc(CN5CCC(F)(F)C5)c(C(F)(F)F)c4C[C@H]3C[C@@H]12. The van der Waals surface area contributed by atoms with Gasteiger partial charge in [0, 0.05) is 31.0 Å². The number of aliphatic hydroxyl groups excluding tert-OH is 2. The molecule has 4 atom stereocenters. The molecule has 1 aromatic carbocycles. The van der Waals surface area contributed by atoms with Gasteiger partial charge in [-0.15, -0.1) is 0 Å². The number of fused-ring (bicyclic) bond motifs is 3. The summed E-state index contributed by atoms with van der Waals surface area (Å²) in [7, 11) is 2.84. The zero-order chi connectivity index (χ0) is 31.3. The van der Waals surface area contributed by atoms with E-state index in [0.717, 1.165) is 4.90 Å². The van der Waals surface area contributed by atoms with Crippen molar-refractivity contribution in [1.82, 2.24) is 9.80 Å². The Balaban J connectivity index is 1.68. The second-order valence-electron chi connectivity index (χ2n) is 11.6. The Labute approximate surface area is 235 Å². The molecule has 15 heteroatoms. The fourth-order valence-electron chi connectivity index (χ4n) is 7.05. The summed E-state index contributed by atoms with van der Waals surface area (Å²) in [6, 6.07) is -0.636. The maximum Gasteiger partial charge on any atom is 0.417 e. The predicted octanol–water partition coefficient (Wildman–Crippen LogP) is 1.98. The number of rotatable bonds is 4. The van der Waals surface area contributed by atoms with Crippen LogP contribution >= 0.6 is 0 Å². The molecule has 42 heavy (non-hydrogen) atoms. The van der Waals surface area contributed by atoms with E-state index in [2.05, 4.69) is 0 Å². The second kappa shape index (κ2) is 9.47. The molecule has 0 radical (unpaired) electrons. The van der Waals surface area contributed by atoms with E-state index in [4.69, 9.17) is 5.73 Å². The number of aromatic hydroxyl groups is 1. The number of carbonyl (C=O) groups excluding carboxylic acids is 3. The fraction of sp³-hybridized carbons (Fsp3) is 0.519. The maximum absolute atomic E-state index is 14.5. The number of likely N-dealkylation sites (tertiary alicyclic amines) is 1. The molecule has 1 aliphatic heterocycles. The summed E-state index contributed by atoms with van der Waals surface area (Å²) in [5.41, 5.74) is -2.49. The van der Waals surface area contributed by atoms with Gasteiger partial charge in [-0.05, 0) is 50.0 Å². The van der Waals surface area contributed by atoms with Gasteiger partial charge in [0.1, 0.15) is 22.8 Å². The van der Waals surface area contributed by atoms with Crippen molar-refractivity contribution in [3.05, 3.63) is 51.0 Å². The summed E-state index contributed by atoms with van der Waals surface area (Å²) in [5, 5.41) is 44.4. The molecule has 0 unspecified atom stereocenters. The Morgan fingerprint density at radius 2 is 1.83 bits per heavy atom. The van der Waals surface area contributed by atoms with Gasteiger partial charge in [0.25, 0.3) is 11.8 Å². The molecule has 6 N–H and O–H groups in total. The number of Topliss-reactive ketones (excluding diaryl/α,β-unsaturated/α-hetero) is 2. The van der Waals surface area contributed by atoms with Crippen molar-refractivity contribution in [3.63, 3.8) is 0 Å². The molecule has 10 nitrogen and oxygen atoms in total. The van der Waals surface area contributed by atoms with E-state index in [1.54, 1.807) is 0 Å². The van der Waals surface area contributed by atoms with Crippen LogP contribution in [0.4, 0.5) is 22.0 Å². The van der Waals surface area contributed by atoms with E-state index >= 15 is 0 Å². The van der Waals surface area contributed by atoms with E-state index < -0.39 is 136 Å². The molecule has 5 rings (SSSR count). The molecule has 1 aromatic rings. The van der Waals surface area contributed by atoms with E-state index in [1.807, 2.05) is 0 Å². The Bertz CT molecular complexity index is 1480. The third-order valence-electron chi connectivity index (χ3n) is 8.73. The molecule has 1 fully saturated rings. The number of amides is 1. The summed E-state index contributed by atoms with van der Waals surface area (Å²) in [4.78, 5) is 41.5. The van der Waals surface area contributed by atoms with Crippen LogP contribution in [0.25, 0.3) is 0 Å². The molecular weight excluding hydrogens is 573 g/mol. The van der Waals surface area contributed by atoms with Crippen LogP contribution in [0.1, 0.15) is 39.9 Å². The first-order valence-electron chi connectivity index (χ1n) is 13.0. The Hall–Kier alpha value is -3.56. The van der Waals surface area contributed by atoms with Crippen molar-refractivity contribution in [2.75, 3.05) is 27.2 Å². The number of alkyl halides is 5. The molecule has 0 bridgehead atoms. The average Bonchev–Trinajstić information content (AvgIpc) is 3.17. The molecule has 0 spiro atoms. The third-order valence-corrected chi connectivity index (χ3v) is 8.73. The molecule has 1 heterocycles. The van der Waals surface area contributed by atoms with Crippen LogP contribution in [0.2, 0.25) is 0 Å². The molecule has 0 aromatic heterocycles. The molecule has 228 valence electrons. The Morgan fingerprint density at radius 3 is 2.36 bits per heavy atom. The van der Waals surface area contributed by atoms with Crippen LogP contribution in [0.15, 0.2) is 28.7 Å². The van der Waals surface area contributed by atoms with Crippen molar-refractivity contribution in [2.45, 2.75) is 49.5 Å². The first-order chi connectivity index (χ1) is 19.3. The first-order valence-corrected chi connectivity index (χ1v) is 13.0. The lowest BCUT2D eigenvalue weighted by Gasteiger charge is -2.50. The number of phenols is 1. The number of likely N-dealkylation sites (N-methyl/N-ethyl adjacent to an activating group) is 1. The minimum Gasteiger partial charge on any atom is -0.510 e. The van der Waals surface area contributed by atoms with Crippen molar-refractivity contribution in [3.8, 4) is 5.75 Å². The normalized spacial score (nSPS) is 29.6. The van der Waals surface area contributed by atoms with E-state index in [1.165, 1.54) is 19.0 Å². The number of carbonyl (C=O) groups is 3. The first kappa shape index (κ1) is 29.9. The number of halogens is 5. The van der Waals surface area contributed by atoms with Gasteiger partial charge in [0.15, 0.2) is 11.4 Å². The molecule has 3 aliphatic carbocycles. The fourth-order valence-corrected chi connectivity index (χ4v) is 7.05. The van der Waals surface area contributed by atoms with Gasteiger partial charge >= 0.3 is 6.18 Å². The van der Waals surface area contributed by atoms with Crippen LogP contribution in [0, 0.1) is 11.8 Å². The number of allylic oxidation sites excluding steroid dienone is 1. The van der Waals surface area contributed by atoms with Gasteiger partial charge in [0.05, 0.1) is 23.7 Å². The summed E-state index contributed by atoms with van der Waals surface area (Å²) in [6.45, 7) is -1.55. The topological polar surface area (TPSA) is 165 Å². The summed E-state index contributed by atoms with van der Waals surface area (Å²) >= 11 is 0. The van der Waals surface area contributed by atoms with Gasteiger partial charge < -0.3 is 26.2 Å². The van der Waals surface area contributed by atoms with Gasteiger partial charge in [-0.1, -0.05) is 0 Å². The van der Waals surface area contributed by atoms with Crippen LogP contribution < -0.4 is 5.73 Å². The Morgan fingerprint density at radius 1 is 1.19 bits per heavy atom. The quantitative estimate of drug-likeness (QED) is 0.256. The lowest BCUT2D eigenvalue weighted by Crippen LogP contribution is -2.63. The monoisotopic (exact) mass is 601 g/mol. The van der Waals surface area contributed by atoms with E-state index in [0.29, 0.717) is 6.07 Å². The average molecular weight is 602 g/mol. The number of ketones is 2. The summed E-state index contributed by atoms with van der Waals surface area (Å²) in [5.74, 6) is -12.8. The van der Waals surface area contributed by atoms with Gasteiger partial charge in [-0.25, -0.2) is 8.78 Å². The number of hydrogen-bond acceptors (Lipinski definition) is 9. The van der Waals surface area contributed by atoms with Crippen molar-refractivity contribution < 1.29 is 56.8 Å². The van der Waals surface area contributed by atoms with Crippen molar-refractivity contribution in [1.29, 1.82) is 0 Å². The second-order valence-corrected chi connectivity index (χ2v) is 11.6. The number of hydrogen-bond donors (Lipinski definition) is 5. The number of phenolic OH excluding ortho intramolecular Hbond substituents is 1. The summed E-state index contributed by atoms with van der Waals surface area (Å²) < 4.78 is 71.1. The van der Waals surface area contributed by atoms with Gasteiger partial charge in [-0.2, -0.15) is 13.2 Å². The highest BCUT2D eigenvalue weighted by atomic mass is 19.4. The lowest BCUT2D eigenvalue weighted by molar-refractivity contribution is -0.148. The highest BCUT2D eigenvalue weighted by Crippen LogP contribution is 2.54. The highest BCUT2D eigenvalue weighted by Gasteiger charge is 2.63. The van der Waals surface area contributed by atoms with Crippen molar-refractivity contribution in [2.24, 2.45) is 17.6 Å². The zero-order valence-corrected chi connectivity index (χ0v) is 22.4. The molecule has 1 amide bonds. The van der Waals surface area contributed by atoms with Gasteiger partial charge in [-0.3, -0.25) is 24.2 Å². The Kier molecular flexibility index (Phi) is 6.75. The van der Waals surface area contributed by atoms with Gasteiger partial charge in [0.2, 0.25) is 5.78 Å². The molecule has 4 aliphatic rings. The van der Waals surface area contributed by atoms with E-state index in [-0.39, 0.29) is 6.54 Å². The van der Waals surface area contributed by atoms with Crippen molar-refractivity contribution >= 4 is 17.5 Å².